The fourth-order valence-electron chi connectivity index (χ4n) is 1.57. The fourth-order valence-corrected chi connectivity index (χ4v) is 2.25. The fraction of sp³-hybridized carbons (Fsp3) is 0.900. The first-order chi connectivity index (χ1) is 6.63. The zero-order valence-electron chi connectivity index (χ0n) is 8.75. The summed E-state index contributed by atoms with van der Waals surface area (Å²) in [5.74, 6) is 0.0443. The molecule has 0 aromatic heterocycles. The van der Waals surface area contributed by atoms with E-state index in [1.54, 1.807) is 0 Å². The summed E-state index contributed by atoms with van der Waals surface area (Å²) in [4.78, 5) is 11.6. The van der Waals surface area contributed by atoms with E-state index in [-0.39, 0.29) is 24.2 Å². The Hall–Kier alpha value is -0.0900. The van der Waals surface area contributed by atoms with Crippen LogP contribution in [0.5, 0.6) is 0 Å². The molecule has 1 heterocycles. The molecule has 3 unspecified atom stereocenters. The van der Waals surface area contributed by atoms with E-state index in [4.69, 9.17) is 4.74 Å². The average molecular weight is 264 g/mol. The van der Waals surface area contributed by atoms with Gasteiger partial charge in [0.25, 0.3) is 0 Å². The molecule has 1 aliphatic rings. The highest BCUT2D eigenvalue weighted by Crippen LogP contribution is 2.19. The van der Waals surface area contributed by atoms with Crippen molar-refractivity contribution in [3.8, 4) is 0 Å². The molecule has 1 N–H and O–H groups in total. The predicted octanol–water partition coefficient (Wildman–Crippen LogP) is 1.84. The minimum absolute atomic E-state index is 0.0443. The maximum Gasteiger partial charge on any atom is 0.249 e. The molecular formula is C10H18BrNO2. The highest BCUT2D eigenvalue weighted by molar-refractivity contribution is 9.09. The summed E-state index contributed by atoms with van der Waals surface area (Å²) in [5, 5.41) is 3.86. The van der Waals surface area contributed by atoms with Crippen LogP contribution in [0.25, 0.3) is 0 Å². The van der Waals surface area contributed by atoms with Crippen LogP contribution >= 0.6 is 15.9 Å². The molecule has 1 aliphatic heterocycles. The number of amides is 1. The van der Waals surface area contributed by atoms with Crippen LogP contribution in [0.3, 0.4) is 0 Å². The molecule has 3 atom stereocenters. The summed E-state index contributed by atoms with van der Waals surface area (Å²) in [5.41, 5.74) is 0. The summed E-state index contributed by atoms with van der Waals surface area (Å²) in [7, 11) is 0. The largest absolute Gasteiger partial charge is 0.365 e. The molecular weight excluding hydrogens is 246 g/mol. The van der Waals surface area contributed by atoms with Crippen LogP contribution in [0.1, 0.15) is 33.1 Å². The molecule has 1 fully saturated rings. The van der Waals surface area contributed by atoms with Crippen molar-refractivity contribution in [1.29, 1.82) is 0 Å². The molecule has 0 radical (unpaired) electrons. The van der Waals surface area contributed by atoms with Gasteiger partial charge in [-0.25, -0.2) is 0 Å². The Morgan fingerprint density at radius 2 is 2.36 bits per heavy atom. The van der Waals surface area contributed by atoms with Crippen LogP contribution in [0, 0.1) is 0 Å². The van der Waals surface area contributed by atoms with Gasteiger partial charge in [0.1, 0.15) is 6.10 Å². The zero-order valence-corrected chi connectivity index (χ0v) is 10.3. The van der Waals surface area contributed by atoms with Gasteiger partial charge in [-0.15, -0.1) is 0 Å². The molecule has 1 rings (SSSR count). The van der Waals surface area contributed by atoms with Gasteiger partial charge >= 0.3 is 0 Å². The van der Waals surface area contributed by atoms with Crippen molar-refractivity contribution < 1.29 is 9.53 Å². The second-order valence-corrected chi connectivity index (χ2v) is 4.69. The monoisotopic (exact) mass is 263 g/mol. The van der Waals surface area contributed by atoms with Crippen LogP contribution in [0.2, 0.25) is 0 Å². The summed E-state index contributed by atoms with van der Waals surface area (Å²) in [6, 6.07) is 0.224. The highest BCUT2D eigenvalue weighted by atomic mass is 79.9. The molecule has 0 saturated carbocycles. The standard InChI is InChI=1S/C10H18BrNO2/c1-7(5-6-11)12-10(13)9-4-3-8(2)14-9/h7-9H,3-6H2,1-2H3,(H,12,13). The van der Waals surface area contributed by atoms with E-state index < -0.39 is 0 Å². The van der Waals surface area contributed by atoms with Crippen LogP contribution in [0.15, 0.2) is 0 Å². The number of rotatable bonds is 4. The van der Waals surface area contributed by atoms with Crippen molar-refractivity contribution in [2.75, 3.05) is 5.33 Å². The molecule has 0 bridgehead atoms. The lowest BCUT2D eigenvalue weighted by atomic mass is 10.2. The second-order valence-electron chi connectivity index (χ2n) is 3.90. The number of nitrogens with one attached hydrogen (secondary N) is 1. The van der Waals surface area contributed by atoms with Gasteiger partial charge in [-0.3, -0.25) is 4.79 Å². The van der Waals surface area contributed by atoms with Crippen molar-refractivity contribution >= 4 is 21.8 Å². The van der Waals surface area contributed by atoms with Crippen molar-refractivity contribution in [3.63, 3.8) is 0 Å². The number of halogens is 1. The third-order valence-corrected chi connectivity index (χ3v) is 2.91. The normalized spacial score (nSPS) is 28.8. The van der Waals surface area contributed by atoms with Gasteiger partial charge in [0.15, 0.2) is 0 Å². The Morgan fingerprint density at radius 3 is 2.86 bits per heavy atom. The summed E-state index contributed by atoms with van der Waals surface area (Å²) in [6.45, 7) is 4.02. The number of alkyl halides is 1. The third-order valence-electron chi connectivity index (χ3n) is 2.46. The Kier molecular flexibility index (Phi) is 4.89. The number of ether oxygens (including phenoxy) is 1. The topological polar surface area (TPSA) is 38.3 Å². The van der Waals surface area contributed by atoms with Crippen molar-refractivity contribution in [1.82, 2.24) is 5.32 Å². The molecule has 14 heavy (non-hydrogen) atoms. The number of carbonyl (C=O) groups is 1. The maximum atomic E-state index is 11.6. The summed E-state index contributed by atoms with van der Waals surface area (Å²) < 4.78 is 5.48. The molecule has 82 valence electrons. The Bertz CT molecular complexity index is 199. The quantitative estimate of drug-likeness (QED) is 0.787. The maximum absolute atomic E-state index is 11.6. The highest BCUT2D eigenvalue weighted by Gasteiger charge is 2.28. The molecule has 1 amide bonds. The minimum Gasteiger partial charge on any atom is -0.365 e. The number of hydrogen-bond acceptors (Lipinski definition) is 2. The average Bonchev–Trinajstić information content (AvgIpc) is 2.52. The van der Waals surface area contributed by atoms with Crippen molar-refractivity contribution in [3.05, 3.63) is 0 Å². The first kappa shape index (κ1) is 12.0. The van der Waals surface area contributed by atoms with Gasteiger partial charge in [-0.1, -0.05) is 15.9 Å². The van der Waals surface area contributed by atoms with Crippen LogP contribution < -0.4 is 5.32 Å². The van der Waals surface area contributed by atoms with Crippen molar-refractivity contribution in [2.24, 2.45) is 0 Å². The smallest absolute Gasteiger partial charge is 0.249 e. The van der Waals surface area contributed by atoms with E-state index in [0.29, 0.717) is 0 Å². The lowest BCUT2D eigenvalue weighted by molar-refractivity contribution is -0.132. The van der Waals surface area contributed by atoms with E-state index in [2.05, 4.69) is 21.2 Å². The first-order valence-corrected chi connectivity index (χ1v) is 6.27. The number of carbonyl (C=O) groups excluding carboxylic acids is 1. The Labute approximate surface area is 93.7 Å². The van der Waals surface area contributed by atoms with Gasteiger partial charge in [0.05, 0.1) is 6.10 Å². The van der Waals surface area contributed by atoms with Gasteiger partial charge in [-0.05, 0) is 33.1 Å². The van der Waals surface area contributed by atoms with Gasteiger partial charge < -0.3 is 10.1 Å². The Balaban J connectivity index is 2.27. The molecule has 4 heteroatoms. The lowest BCUT2D eigenvalue weighted by Gasteiger charge is -2.16. The lowest BCUT2D eigenvalue weighted by Crippen LogP contribution is -2.40. The Morgan fingerprint density at radius 1 is 1.64 bits per heavy atom. The summed E-state index contributed by atoms with van der Waals surface area (Å²) >= 11 is 3.35. The summed E-state index contributed by atoms with van der Waals surface area (Å²) in [6.07, 6.45) is 2.81. The van der Waals surface area contributed by atoms with Gasteiger partial charge in [0, 0.05) is 11.4 Å². The first-order valence-electron chi connectivity index (χ1n) is 5.15. The van der Waals surface area contributed by atoms with Crippen LogP contribution in [0.4, 0.5) is 0 Å². The molecule has 0 aromatic rings. The molecule has 0 aliphatic carbocycles. The van der Waals surface area contributed by atoms with Crippen LogP contribution in [-0.4, -0.2) is 29.5 Å². The van der Waals surface area contributed by atoms with E-state index in [0.717, 1.165) is 24.6 Å². The van der Waals surface area contributed by atoms with Crippen molar-refractivity contribution in [2.45, 2.75) is 51.4 Å². The van der Waals surface area contributed by atoms with E-state index >= 15 is 0 Å². The third kappa shape index (κ3) is 3.58. The SMILES string of the molecule is CC(CCBr)NC(=O)C1CCC(C)O1. The van der Waals surface area contributed by atoms with Crippen LogP contribution in [-0.2, 0) is 9.53 Å². The van der Waals surface area contributed by atoms with Gasteiger partial charge in [0.2, 0.25) is 5.91 Å². The minimum atomic E-state index is -0.220. The molecule has 0 aromatic carbocycles. The zero-order chi connectivity index (χ0) is 10.6. The van der Waals surface area contributed by atoms with Gasteiger partial charge in [-0.2, -0.15) is 0 Å². The predicted molar refractivity (Wildman–Crippen MR) is 59.6 cm³/mol. The number of hydrogen-bond donors (Lipinski definition) is 1. The van der Waals surface area contributed by atoms with E-state index in [9.17, 15) is 4.79 Å². The second kappa shape index (κ2) is 5.71. The van der Waals surface area contributed by atoms with E-state index in [1.165, 1.54) is 0 Å². The molecule has 1 saturated heterocycles. The molecule has 3 nitrogen and oxygen atoms in total. The molecule has 0 spiro atoms. The van der Waals surface area contributed by atoms with E-state index in [1.807, 2.05) is 13.8 Å².